The highest BCUT2D eigenvalue weighted by Crippen LogP contribution is 2.39. The topological polar surface area (TPSA) is 38.3 Å². The summed E-state index contributed by atoms with van der Waals surface area (Å²) in [5.41, 5.74) is 2.00. The third kappa shape index (κ3) is 3.41. The zero-order valence-corrected chi connectivity index (χ0v) is 14.0. The molecule has 2 bridgehead atoms. The van der Waals surface area contributed by atoms with Gasteiger partial charge >= 0.3 is 0 Å². The number of piperidine rings is 1. The van der Waals surface area contributed by atoms with Crippen molar-refractivity contribution in [2.75, 3.05) is 26.2 Å². The zero-order valence-electron chi connectivity index (χ0n) is 12.5. The lowest BCUT2D eigenvalue weighted by molar-refractivity contribution is 0.204. The van der Waals surface area contributed by atoms with Crippen molar-refractivity contribution in [1.29, 1.82) is 0 Å². The van der Waals surface area contributed by atoms with Gasteiger partial charge in [0.2, 0.25) is 0 Å². The van der Waals surface area contributed by atoms with Crippen LogP contribution < -0.4 is 4.74 Å². The van der Waals surface area contributed by atoms with Gasteiger partial charge in [-0.1, -0.05) is 31.4 Å². The van der Waals surface area contributed by atoms with E-state index in [0.717, 1.165) is 42.4 Å². The van der Waals surface area contributed by atoms with E-state index in [1.165, 1.54) is 37.4 Å². The Kier molecular flexibility index (Phi) is 5.14. The standard InChI is InChI=1S/C15H22ClN3OS/c1-2-3-4-8-20-15-14(17-21-18-15)12-10-19-7-5-6-11(9-19)13(12)16/h11H,2-10H2,1H3. The minimum atomic E-state index is 0.471. The van der Waals surface area contributed by atoms with Crippen LogP contribution in [0.3, 0.4) is 0 Å². The number of fused-ring (bicyclic) bond motifs is 2. The van der Waals surface area contributed by atoms with E-state index in [0.29, 0.717) is 18.4 Å². The number of hydrogen-bond acceptors (Lipinski definition) is 5. The molecule has 1 saturated heterocycles. The smallest absolute Gasteiger partial charge is 0.253 e. The molecule has 3 heterocycles. The molecule has 6 heteroatoms. The van der Waals surface area contributed by atoms with Crippen LogP contribution in [0, 0.1) is 5.92 Å². The predicted molar refractivity (Wildman–Crippen MR) is 86.9 cm³/mol. The summed E-state index contributed by atoms with van der Waals surface area (Å²) in [4.78, 5) is 2.47. The Balaban J connectivity index is 1.75. The average Bonchev–Trinajstić information content (AvgIpc) is 2.96. The second-order valence-corrected chi connectivity index (χ2v) is 6.81. The summed E-state index contributed by atoms with van der Waals surface area (Å²) in [5.74, 6) is 1.14. The van der Waals surface area contributed by atoms with Crippen LogP contribution in [0.1, 0.15) is 44.7 Å². The Morgan fingerprint density at radius 2 is 2.29 bits per heavy atom. The summed E-state index contributed by atoms with van der Waals surface area (Å²) < 4.78 is 14.6. The number of rotatable bonds is 6. The van der Waals surface area contributed by atoms with Gasteiger partial charge in [-0.25, -0.2) is 0 Å². The molecule has 0 saturated carbocycles. The first kappa shape index (κ1) is 15.3. The Morgan fingerprint density at radius 1 is 1.38 bits per heavy atom. The van der Waals surface area contributed by atoms with Gasteiger partial charge in [-0.15, -0.1) is 4.37 Å². The Labute approximate surface area is 135 Å². The molecule has 4 nitrogen and oxygen atoms in total. The van der Waals surface area contributed by atoms with E-state index in [4.69, 9.17) is 16.3 Å². The van der Waals surface area contributed by atoms with Crippen molar-refractivity contribution >= 4 is 28.9 Å². The van der Waals surface area contributed by atoms with Crippen LogP contribution in [-0.4, -0.2) is 39.9 Å². The van der Waals surface area contributed by atoms with Crippen molar-refractivity contribution in [2.24, 2.45) is 5.92 Å². The summed E-state index contributed by atoms with van der Waals surface area (Å²) in [6, 6.07) is 0. The minimum Gasteiger partial charge on any atom is -0.475 e. The average molecular weight is 328 g/mol. The molecule has 21 heavy (non-hydrogen) atoms. The fourth-order valence-electron chi connectivity index (χ4n) is 3.12. The molecule has 2 aliphatic rings. The molecule has 3 rings (SSSR count). The lowest BCUT2D eigenvalue weighted by Crippen LogP contribution is -2.40. The van der Waals surface area contributed by atoms with Crippen LogP contribution in [0.2, 0.25) is 0 Å². The van der Waals surface area contributed by atoms with E-state index in [1.54, 1.807) is 0 Å². The first-order chi connectivity index (χ1) is 10.3. The van der Waals surface area contributed by atoms with Gasteiger partial charge in [0.15, 0.2) is 0 Å². The van der Waals surface area contributed by atoms with Crippen LogP contribution in [-0.2, 0) is 0 Å². The molecule has 2 atom stereocenters. The molecule has 1 aromatic heterocycles. The first-order valence-corrected chi connectivity index (χ1v) is 8.97. The van der Waals surface area contributed by atoms with Crippen molar-refractivity contribution in [1.82, 2.24) is 13.6 Å². The molecule has 116 valence electrons. The van der Waals surface area contributed by atoms with Crippen LogP contribution in [0.15, 0.2) is 5.03 Å². The zero-order chi connectivity index (χ0) is 14.7. The molecule has 0 radical (unpaired) electrons. The third-order valence-electron chi connectivity index (χ3n) is 4.26. The molecule has 0 amide bonds. The van der Waals surface area contributed by atoms with Gasteiger partial charge < -0.3 is 4.74 Å². The summed E-state index contributed by atoms with van der Waals surface area (Å²) in [7, 11) is 0. The third-order valence-corrected chi connectivity index (χ3v) is 5.31. The van der Waals surface area contributed by atoms with Gasteiger partial charge in [0.05, 0.1) is 18.3 Å². The van der Waals surface area contributed by atoms with Crippen LogP contribution in [0.4, 0.5) is 0 Å². The predicted octanol–water partition coefficient (Wildman–Crippen LogP) is 3.78. The lowest BCUT2D eigenvalue weighted by atomic mass is 9.90. The highest BCUT2D eigenvalue weighted by molar-refractivity contribution is 6.99. The molecule has 0 aromatic carbocycles. The summed E-state index contributed by atoms with van der Waals surface area (Å²) in [6.45, 7) is 6.03. The fraction of sp³-hybridized carbons (Fsp3) is 0.733. The number of aromatic nitrogens is 2. The number of halogens is 1. The van der Waals surface area contributed by atoms with Gasteiger partial charge in [0.25, 0.3) is 5.88 Å². The van der Waals surface area contributed by atoms with Gasteiger partial charge in [-0.2, -0.15) is 4.37 Å². The van der Waals surface area contributed by atoms with E-state index < -0.39 is 0 Å². The summed E-state index contributed by atoms with van der Waals surface area (Å²) >= 11 is 7.85. The van der Waals surface area contributed by atoms with Gasteiger partial charge in [0.1, 0.15) is 5.69 Å². The maximum Gasteiger partial charge on any atom is 0.253 e. The van der Waals surface area contributed by atoms with E-state index in [-0.39, 0.29) is 0 Å². The van der Waals surface area contributed by atoms with Crippen molar-refractivity contribution in [3.63, 3.8) is 0 Å². The van der Waals surface area contributed by atoms with Crippen LogP contribution in [0.25, 0.3) is 5.57 Å². The van der Waals surface area contributed by atoms with Gasteiger partial charge in [-0.3, -0.25) is 4.90 Å². The van der Waals surface area contributed by atoms with Crippen LogP contribution in [0.5, 0.6) is 5.88 Å². The van der Waals surface area contributed by atoms with E-state index >= 15 is 0 Å². The molecule has 0 spiro atoms. The quantitative estimate of drug-likeness (QED) is 0.745. The summed E-state index contributed by atoms with van der Waals surface area (Å²) in [5, 5.41) is 0.983. The minimum absolute atomic E-state index is 0.471. The first-order valence-electron chi connectivity index (χ1n) is 7.86. The molecular formula is C15H22ClN3OS. The van der Waals surface area contributed by atoms with Crippen molar-refractivity contribution in [2.45, 2.75) is 39.0 Å². The number of nitrogens with zero attached hydrogens (tertiary/aromatic N) is 3. The molecule has 0 aliphatic carbocycles. The second kappa shape index (κ2) is 7.07. The molecule has 2 unspecified atom stereocenters. The fourth-order valence-corrected chi connectivity index (χ4v) is 3.97. The maximum atomic E-state index is 6.63. The van der Waals surface area contributed by atoms with E-state index in [1.807, 2.05) is 0 Å². The molecule has 2 aliphatic heterocycles. The normalized spacial score (nSPS) is 25.2. The van der Waals surface area contributed by atoms with Crippen molar-refractivity contribution < 1.29 is 4.74 Å². The number of hydrogen-bond donors (Lipinski definition) is 0. The monoisotopic (exact) mass is 327 g/mol. The summed E-state index contributed by atoms with van der Waals surface area (Å²) in [6.07, 6.45) is 5.87. The number of ether oxygens (including phenoxy) is 1. The SMILES string of the molecule is CCCCCOc1nsnc1C1=C(Cl)C2CCCN(C1)C2. The highest BCUT2D eigenvalue weighted by atomic mass is 35.5. The van der Waals surface area contributed by atoms with E-state index in [2.05, 4.69) is 20.6 Å². The lowest BCUT2D eigenvalue weighted by Gasteiger charge is -2.38. The Bertz CT molecular complexity index is 517. The highest BCUT2D eigenvalue weighted by Gasteiger charge is 2.32. The van der Waals surface area contributed by atoms with Gasteiger partial charge in [0, 0.05) is 29.6 Å². The van der Waals surface area contributed by atoms with Crippen molar-refractivity contribution in [3.05, 3.63) is 10.7 Å². The number of unbranched alkanes of at least 4 members (excludes halogenated alkanes) is 2. The molecule has 0 N–H and O–H groups in total. The van der Waals surface area contributed by atoms with Crippen molar-refractivity contribution in [3.8, 4) is 5.88 Å². The van der Waals surface area contributed by atoms with Crippen LogP contribution >= 0.6 is 23.3 Å². The Hall–Kier alpha value is -0.650. The largest absolute Gasteiger partial charge is 0.475 e. The van der Waals surface area contributed by atoms with E-state index in [9.17, 15) is 0 Å². The molecular weight excluding hydrogens is 306 g/mol. The van der Waals surface area contributed by atoms with Gasteiger partial charge in [-0.05, 0) is 25.8 Å². The molecule has 1 aromatic rings. The maximum absolute atomic E-state index is 6.63. The second-order valence-electron chi connectivity index (χ2n) is 5.87. The molecule has 1 fully saturated rings. The Morgan fingerprint density at radius 3 is 3.14 bits per heavy atom.